The number of carbonyl (C=O) groups is 2. The molecule has 152 valence electrons. The molecule has 1 unspecified atom stereocenters. The van der Waals surface area contributed by atoms with E-state index in [9.17, 15) is 14.7 Å². The van der Waals surface area contributed by atoms with Crippen LogP contribution in [0.4, 0.5) is 0 Å². The standard InChI is InChI=1S/C24H27NO4/c26-23(20-9-5-4-8-19(20)16-17-6-2-1-3-7-17)25-13-10-18(11-14-25)22-21(24(27)28)12-15-29-22/h1-9,18,21-22H,10-16H2,(H,27,28)/t21?,22-/m0/s1. The van der Waals surface area contributed by atoms with Gasteiger partial charge in [0.1, 0.15) is 0 Å². The van der Waals surface area contributed by atoms with Crippen LogP contribution < -0.4 is 0 Å². The van der Waals surface area contributed by atoms with Gasteiger partial charge in [0.25, 0.3) is 5.91 Å². The molecule has 2 atom stereocenters. The van der Waals surface area contributed by atoms with Crippen molar-refractivity contribution in [3.05, 3.63) is 71.3 Å². The fraction of sp³-hybridized carbons (Fsp3) is 0.417. The van der Waals surface area contributed by atoms with Crippen LogP contribution in [-0.4, -0.2) is 47.7 Å². The number of rotatable bonds is 5. The maximum Gasteiger partial charge on any atom is 0.309 e. The number of hydrogen-bond acceptors (Lipinski definition) is 3. The maximum atomic E-state index is 13.2. The molecule has 0 radical (unpaired) electrons. The van der Waals surface area contributed by atoms with Gasteiger partial charge in [-0.25, -0.2) is 0 Å². The molecule has 2 aromatic rings. The number of carbonyl (C=O) groups excluding carboxylic acids is 1. The fourth-order valence-corrected chi connectivity index (χ4v) is 4.64. The molecule has 1 N–H and O–H groups in total. The van der Waals surface area contributed by atoms with E-state index in [-0.39, 0.29) is 17.9 Å². The Kier molecular flexibility index (Phi) is 5.95. The molecule has 0 saturated carbocycles. The van der Waals surface area contributed by atoms with Crippen molar-refractivity contribution >= 4 is 11.9 Å². The zero-order chi connectivity index (χ0) is 20.2. The SMILES string of the molecule is O=C(O)C1CCO[C@H]1C1CCN(C(=O)c2ccccc2Cc2ccccc2)CC1. The van der Waals surface area contributed by atoms with Gasteiger partial charge in [-0.05, 0) is 48.8 Å². The molecular formula is C24H27NO4. The van der Waals surface area contributed by atoms with E-state index < -0.39 is 11.9 Å². The smallest absolute Gasteiger partial charge is 0.309 e. The topological polar surface area (TPSA) is 66.8 Å². The molecule has 2 aliphatic heterocycles. The van der Waals surface area contributed by atoms with Crippen LogP contribution in [0.3, 0.4) is 0 Å². The van der Waals surface area contributed by atoms with Gasteiger partial charge in [-0.15, -0.1) is 0 Å². The highest BCUT2D eigenvalue weighted by Gasteiger charge is 2.40. The molecule has 2 fully saturated rings. The largest absolute Gasteiger partial charge is 0.481 e. The average molecular weight is 393 g/mol. The van der Waals surface area contributed by atoms with Gasteiger partial charge in [0, 0.05) is 25.3 Å². The number of carboxylic acids is 1. The van der Waals surface area contributed by atoms with E-state index in [1.807, 2.05) is 47.4 Å². The van der Waals surface area contributed by atoms with Crippen molar-refractivity contribution in [2.45, 2.75) is 31.8 Å². The van der Waals surface area contributed by atoms with Crippen molar-refractivity contribution < 1.29 is 19.4 Å². The normalized spacial score (nSPS) is 22.6. The molecule has 0 aromatic heterocycles. The molecule has 0 bridgehead atoms. The third kappa shape index (κ3) is 4.35. The van der Waals surface area contributed by atoms with Gasteiger partial charge in [0.2, 0.25) is 0 Å². The zero-order valence-corrected chi connectivity index (χ0v) is 16.5. The molecule has 2 heterocycles. The van der Waals surface area contributed by atoms with Crippen molar-refractivity contribution in [2.75, 3.05) is 19.7 Å². The van der Waals surface area contributed by atoms with E-state index >= 15 is 0 Å². The fourth-order valence-electron chi connectivity index (χ4n) is 4.64. The Hall–Kier alpha value is -2.66. The molecule has 2 aliphatic rings. The molecule has 5 nitrogen and oxygen atoms in total. The van der Waals surface area contributed by atoms with Crippen LogP contribution >= 0.6 is 0 Å². The summed E-state index contributed by atoms with van der Waals surface area (Å²) in [5, 5.41) is 9.41. The number of hydrogen-bond donors (Lipinski definition) is 1. The van der Waals surface area contributed by atoms with Gasteiger partial charge < -0.3 is 14.7 Å². The van der Waals surface area contributed by atoms with Crippen LogP contribution in [0.15, 0.2) is 54.6 Å². The Morgan fingerprint density at radius 3 is 2.38 bits per heavy atom. The third-order valence-electron chi connectivity index (χ3n) is 6.23. The molecule has 29 heavy (non-hydrogen) atoms. The van der Waals surface area contributed by atoms with Crippen LogP contribution in [-0.2, 0) is 16.0 Å². The first kappa shape index (κ1) is 19.6. The number of likely N-dealkylation sites (tertiary alicyclic amines) is 1. The highest BCUT2D eigenvalue weighted by molar-refractivity contribution is 5.95. The van der Waals surface area contributed by atoms with Crippen molar-refractivity contribution in [2.24, 2.45) is 11.8 Å². The van der Waals surface area contributed by atoms with Gasteiger partial charge in [-0.3, -0.25) is 9.59 Å². The summed E-state index contributed by atoms with van der Waals surface area (Å²) in [5.41, 5.74) is 2.98. The minimum atomic E-state index is -0.763. The van der Waals surface area contributed by atoms with Crippen LogP contribution in [0.2, 0.25) is 0 Å². The van der Waals surface area contributed by atoms with E-state index in [4.69, 9.17) is 4.74 Å². The number of nitrogens with zero attached hydrogens (tertiary/aromatic N) is 1. The molecule has 5 heteroatoms. The second-order valence-corrected chi connectivity index (χ2v) is 8.02. The first-order valence-corrected chi connectivity index (χ1v) is 10.4. The lowest BCUT2D eigenvalue weighted by atomic mass is 9.84. The second-order valence-electron chi connectivity index (χ2n) is 8.02. The number of amides is 1. The predicted molar refractivity (Wildman–Crippen MR) is 110 cm³/mol. The summed E-state index contributed by atoms with van der Waals surface area (Å²) in [6.07, 6.45) is 2.69. The molecule has 2 saturated heterocycles. The van der Waals surface area contributed by atoms with E-state index in [0.717, 1.165) is 30.4 Å². The first-order chi connectivity index (χ1) is 14.1. The summed E-state index contributed by atoms with van der Waals surface area (Å²) in [5.74, 6) is -0.894. The maximum absolute atomic E-state index is 13.2. The summed E-state index contributed by atoms with van der Waals surface area (Å²) in [7, 11) is 0. The van der Waals surface area contributed by atoms with E-state index in [1.54, 1.807) is 0 Å². The highest BCUT2D eigenvalue weighted by atomic mass is 16.5. The van der Waals surface area contributed by atoms with Crippen LogP contribution in [0.25, 0.3) is 0 Å². The van der Waals surface area contributed by atoms with Crippen molar-refractivity contribution in [3.63, 3.8) is 0 Å². The number of piperidine rings is 1. The van der Waals surface area contributed by atoms with Crippen LogP contribution in [0.5, 0.6) is 0 Å². The molecule has 2 aromatic carbocycles. The van der Waals surface area contributed by atoms with Gasteiger partial charge in [-0.1, -0.05) is 48.5 Å². The van der Waals surface area contributed by atoms with Crippen LogP contribution in [0.1, 0.15) is 40.7 Å². The van der Waals surface area contributed by atoms with E-state index in [0.29, 0.717) is 26.1 Å². The van der Waals surface area contributed by atoms with E-state index in [1.165, 1.54) is 5.56 Å². The van der Waals surface area contributed by atoms with Crippen molar-refractivity contribution in [1.29, 1.82) is 0 Å². The Morgan fingerprint density at radius 1 is 0.966 bits per heavy atom. The average Bonchev–Trinajstić information content (AvgIpc) is 3.25. The minimum Gasteiger partial charge on any atom is -0.481 e. The monoisotopic (exact) mass is 393 g/mol. The van der Waals surface area contributed by atoms with Gasteiger partial charge in [-0.2, -0.15) is 0 Å². The van der Waals surface area contributed by atoms with Gasteiger partial charge >= 0.3 is 5.97 Å². The summed E-state index contributed by atoms with van der Waals surface area (Å²) < 4.78 is 5.75. The minimum absolute atomic E-state index is 0.0668. The Labute approximate surface area is 171 Å². The summed E-state index contributed by atoms with van der Waals surface area (Å²) in [4.78, 5) is 26.6. The molecular weight excluding hydrogens is 366 g/mol. The lowest BCUT2D eigenvalue weighted by molar-refractivity contribution is -0.145. The summed E-state index contributed by atoms with van der Waals surface area (Å²) in [6.45, 7) is 1.82. The lowest BCUT2D eigenvalue weighted by Gasteiger charge is -2.35. The molecule has 1 amide bonds. The summed E-state index contributed by atoms with van der Waals surface area (Å²) in [6, 6.07) is 18.0. The van der Waals surface area contributed by atoms with Gasteiger partial charge in [0.05, 0.1) is 12.0 Å². The van der Waals surface area contributed by atoms with E-state index in [2.05, 4.69) is 12.1 Å². The summed E-state index contributed by atoms with van der Waals surface area (Å²) >= 11 is 0. The Balaban J connectivity index is 1.42. The van der Waals surface area contributed by atoms with Crippen molar-refractivity contribution in [1.82, 2.24) is 4.90 Å². The first-order valence-electron chi connectivity index (χ1n) is 10.4. The number of aliphatic carboxylic acids is 1. The molecule has 4 rings (SSSR count). The van der Waals surface area contributed by atoms with Crippen molar-refractivity contribution in [3.8, 4) is 0 Å². The zero-order valence-electron chi connectivity index (χ0n) is 16.5. The molecule has 0 aliphatic carbocycles. The number of benzene rings is 2. The second kappa shape index (κ2) is 8.78. The van der Waals surface area contributed by atoms with Gasteiger partial charge in [0.15, 0.2) is 0 Å². The quantitative estimate of drug-likeness (QED) is 0.843. The lowest BCUT2D eigenvalue weighted by Crippen LogP contribution is -2.43. The Bertz CT molecular complexity index is 858. The third-order valence-corrected chi connectivity index (χ3v) is 6.23. The molecule has 0 spiro atoms. The Morgan fingerprint density at radius 2 is 1.66 bits per heavy atom. The highest BCUT2D eigenvalue weighted by Crippen LogP contribution is 2.33. The number of carboxylic acid groups (broad SMARTS) is 1. The predicted octanol–water partition coefficient (Wildman–Crippen LogP) is 3.62. The number of ether oxygens (including phenoxy) is 1. The van der Waals surface area contributed by atoms with Crippen LogP contribution in [0, 0.1) is 11.8 Å².